The van der Waals surface area contributed by atoms with Crippen LogP contribution in [0, 0.1) is 0 Å². The van der Waals surface area contributed by atoms with Gasteiger partial charge in [0.1, 0.15) is 0 Å². The average molecular weight is 214 g/mol. The van der Waals surface area contributed by atoms with Crippen LogP contribution in [0.5, 0.6) is 0 Å². The predicted octanol–water partition coefficient (Wildman–Crippen LogP) is -4.68. The van der Waals surface area contributed by atoms with Crippen molar-refractivity contribution in [1.29, 1.82) is 0 Å². The maximum Gasteiger partial charge on any atom is 1.00 e. The summed E-state index contributed by atoms with van der Waals surface area (Å²) in [5, 5.41) is 17.1. The standard InChI is InChI=1S/C8H6O4.2Na.2H/c9-7(10)5-3-1-2-4-6(5)8(11)12;;;;/h1-4H,(H,9,10)(H,11,12);;;;/q;2*+1;2*-1. The van der Waals surface area contributed by atoms with E-state index in [1.54, 1.807) is 0 Å². The van der Waals surface area contributed by atoms with Crippen LogP contribution < -0.4 is 59.1 Å². The van der Waals surface area contributed by atoms with E-state index in [-0.39, 0.29) is 73.1 Å². The van der Waals surface area contributed by atoms with Crippen molar-refractivity contribution >= 4 is 11.9 Å². The third-order valence-electron chi connectivity index (χ3n) is 1.39. The van der Waals surface area contributed by atoms with Crippen molar-refractivity contribution in [2.45, 2.75) is 0 Å². The van der Waals surface area contributed by atoms with Gasteiger partial charge in [0.25, 0.3) is 0 Å². The number of hydrogen-bond donors (Lipinski definition) is 2. The largest absolute Gasteiger partial charge is 1.00 e. The van der Waals surface area contributed by atoms with E-state index in [1.807, 2.05) is 0 Å². The number of carbonyl (C=O) groups is 2. The van der Waals surface area contributed by atoms with E-state index < -0.39 is 11.9 Å². The molecular weight excluding hydrogens is 206 g/mol. The zero-order valence-corrected chi connectivity index (χ0v) is 12.0. The van der Waals surface area contributed by atoms with Crippen LogP contribution in [0.3, 0.4) is 0 Å². The van der Waals surface area contributed by atoms with Gasteiger partial charge in [0.05, 0.1) is 11.1 Å². The minimum Gasteiger partial charge on any atom is -1.00 e. The van der Waals surface area contributed by atoms with Crippen molar-refractivity contribution in [3.63, 3.8) is 0 Å². The van der Waals surface area contributed by atoms with E-state index in [2.05, 4.69) is 0 Å². The fourth-order valence-corrected chi connectivity index (χ4v) is 0.856. The van der Waals surface area contributed by atoms with Crippen LogP contribution in [0.25, 0.3) is 0 Å². The fraction of sp³-hybridized carbons (Fsp3) is 0. The molecule has 0 radical (unpaired) electrons. The van der Waals surface area contributed by atoms with Crippen molar-refractivity contribution in [2.75, 3.05) is 0 Å². The third kappa shape index (κ3) is 4.13. The molecule has 0 amide bonds. The van der Waals surface area contributed by atoms with Gasteiger partial charge in [-0.25, -0.2) is 9.59 Å². The molecule has 0 saturated carbocycles. The molecular formula is C8H8Na2O4. The molecule has 0 aliphatic rings. The first kappa shape index (κ1) is 16.6. The summed E-state index contributed by atoms with van der Waals surface area (Å²) in [4.78, 5) is 20.9. The molecule has 0 atom stereocenters. The molecule has 0 aliphatic carbocycles. The van der Waals surface area contributed by atoms with Crippen molar-refractivity contribution in [3.05, 3.63) is 35.4 Å². The van der Waals surface area contributed by atoms with E-state index in [0.29, 0.717) is 0 Å². The van der Waals surface area contributed by atoms with E-state index in [4.69, 9.17) is 10.2 Å². The Kier molecular flexibility index (Phi) is 8.83. The minimum atomic E-state index is -1.23. The zero-order valence-electron chi connectivity index (χ0n) is 10.0. The van der Waals surface area contributed by atoms with E-state index in [9.17, 15) is 9.59 Å². The number of aromatic carboxylic acids is 2. The van der Waals surface area contributed by atoms with Gasteiger partial charge < -0.3 is 13.1 Å². The van der Waals surface area contributed by atoms with Gasteiger partial charge >= 0.3 is 71.1 Å². The second-order valence-electron chi connectivity index (χ2n) is 2.16. The van der Waals surface area contributed by atoms with Crippen LogP contribution in [0.2, 0.25) is 0 Å². The van der Waals surface area contributed by atoms with Gasteiger partial charge in [0, 0.05) is 0 Å². The second kappa shape index (κ2) is 7.45. The molecule has 66 valence electrons. The molecule has 6 heteroatoms. The Bertz CT molecular complexity index is 314. The number of rotatable bonds is 2. The van der Waals surface area contributed by atoms with E-state index in [0.717, 1.165) is 0 Å². The van der Waals surface area contributed by atoms with Crippen LogP contribution in [-0.4, -0.2) is 22.2 Å². The normalized spacial score (nSPS) is 8.00. The molecule has 0 aromatic heterocycles. The summed E-state index contributed by atoms with van der Waals surface area (Å²) in [5.74, 6) is -2.46. The van der Waals surface area contributed by atoms with Crippen molar-refractivity contribution in [3.8, 4) is 0 Å². The summed E-state index contributed by atoms with van der Waals surface area (Å²) in [6, 6.07) is 5.48. The first-order valence-corrected chi connectivity index (χ1v) is 3.18. The maximum atomic E-state index is 10.5. The molecule has 2 N–H and O–H groups in total. The Hall–Kier alpha value is 0.160. The van der Waals surface area contributed by atoms with Crippen LogP contribution >= 0.6 is 0 Å². The van der Waals surface area contributed by atoms with E-state index >= 15 is 0 Å². The van der Waals surface area contributed by atoms with Gasteiger partial charge in [-0.15, -0.1) is 0 Å². The summed E-state index contributed by atoms with van der Waals surface area (Å²) in [7, 11) is 0. The summed E-state index contributed by atoms with van der Waals surface area (Å²) in [5.41, 5.74) is -0.380. The molecule has 0 aliphatic heterocycles. The van der Waals surface area contributed by atoms with Crippen LogP contribution in [0.15, 0.2) is 24.3 Å². The quantitative estimate of drug-likeness (QED) is 0.485. The molecule has 0 bridgehead atoms. The molecule has 0 heterocycles. The first-order valence-electron chi connectivity index (χ1n) is 3.18. The number of carboxylic acid groups (broad SMARTS) is 2. The monoisotopic (exact) mass is 214 g/mol. The number of hydrogen-bond acceptors (Lipinski definition) is 2. The molecule has 14 heavy (non-hydrogen) atoms. The van der Waals surface area contributed by atoms with Gasteiger partial charge in [0.15, 0.2) is 0 Å². The second-order valence-corrected chi connectivity index (χ2v) is 2.16. The molecule has 4 nitrogen and oxygen atoms in total. The molecule has 0 saturated heterocycles. The third-order valence-corrected chi connectivity index (χ3v) is 1.39. The van der Waals surface area contributed by atoms with Gasteiger partial charge in [-0.1, -0.05) is 12.1 Å². The van der Waals surface area contributed by atoms with Gasteiger partial charge in [-0.3, -0.25) is 0 Å². The van der Waals surface area contributed by atoms with Crippen LogP contribution in [-0.2, 0) is 0 Å². The van der Waals surface area contributed by atoms with Crippen molar-refractivity contribution < 1.29 is 81.8 Å². The summed E-state index contributed by atoms with van der Waals surface area (Å²) >= 11 is 0. The molecule has 1 aromatic carbocycles. The van der Waals surface area contributed by atoms with Crippen molar-refractivity contribution in [1.82, 2.24) is 0 Å². The van der Waals surface area contributed by atoms with Crippen molar-refractivity contribution in [2.24, 2.45) is 0 Å². The molecule has 0 spiro atoms. The minimum absolute atomic E-state index is 0. The Labute approximate surface area is 128 Å². The number of carboxylic acids is 2. The van der Waals surface area contributed by atoms with Crippen LogP contribution in [0.4, 0.5) is 0 Å². The zero-order chi connectivity index (χ0) is 9.14. The van der Waals surface area contributed by atoms with E-state index in [1.165, 1.54) is 24.3 Å². The average Bonchev–Trinajstić information content (AvgIpc) is 2.04. The Morgan fingerprint density at radius 2 is 1.21 bits per heavy atom. The summed E-state index contributed by atoms with van der Waals surface area (Å²) in [6.45, 7) is 0. The Morgan fingerprint density at radius 1 is 0.929 bits per heavy atom. The van der Waals surface area contributed by atoms with Gasteiger partial charge in [0.2, 0.25) is 0 Å². The molecule has 1 rings (SSSR count). The topological polar surface area (TPSA) is 74.6 Å². The maximum absolute atomic E-state index is 10.5. The summed E-state index contributed by atoms with van der Waals surface area (Å²) < 4.78 is 0. The summed E-state index contributed by atoms with van der Waals surface area (Å²) in [6.07, 6.45) is 0. The predicted molar refractivity (Wildman–Crippen MR) is 42.6 cm³/mol. The molecule has 1 aromatic rings. The molecule has 0 unspecified atom stereocenters. The van der Waals surface area contributed by atoms with Crippen LogP contribution in [0.1, 0.15) is 23.6 Å². The molecule has 0 fully saturated rings. The first-order chi connectivity index (χ1) is 5.63. The fourth-order valence-electron chi connectivity index (χ4n) is 0.856. The van der Waals surface area contributed by atoms with Gasteiger partial charge in [-0.2, -0.15) is 0 Å². The smallest absolute Gasteiger partial charge is 1.00 e. The number of benzene rings is 1. The van der Waals surface area contributed by atoms with Gasteiger partial charge in [-0.05, 0) is 12.1 Å². The Balaban J connectivity index is -0.000000180. The Morgan fingerprint density at radius 3 is 1.43 bits per heavy atom. The SMILES string of the molecule is O=C(O)c1ccccc1C(=O)O.[H-].[H-].[Na+].[Na+].